The number of nitrogens with one attached hydrogen (secondary N) is 1. The summed E-state index contributed by atoms with van der Waals surface area (Å²) in [5.41, 5.74) is 1.53. The number of hydrogen-bond donors (Lipinski definition) is 1. The normalized spacial score (nSPS) is 27.2. The van der Waals surface area contributed by atoms with Crippen molar-refractivity contribution in [3.8, 4) is 0 Å². The van der Waals surface area contributed by atoms with Gasteiger partial charge in [-0.25, -0.2) is 4.79 Å². The summed E-state index contributed by atoms with van der Waals surface area (Å²) >= 11 is 0. The number of rotatable bonds is 4. The second-order valence-corrected chi connectivity index (χ2v) is 5.88. The molecule has 1 heterocycles. The predicted octanol–water partition coefficient (Wildman–Crippen LogP) is 3.41. The number of aromatic amines is 1. The van der Waals surface area contributed by atoms with Crippen molar-refractivity contribution in [3.05, 3.63) is 17.5 Å². The molecule has 3 rings (SSSR count). The number of ether oxygens (including phenoxy) is 1. The average molecular weight is 262 g/mol. The van der Waals surface area contributed by atoms with E-state index in [4.69, 9.17) is 4.74 Å². The smallest absolute Gasteiger partial charge is 0.359 e. The van der Waals surface area contributed by atoms with Gasteiger partial charge in [0.05, 0.1) is 0 Å². The molecule has 0 amide bonds. The van der Waals surface area contributed by atoms with E-state index >= 15 is 0 Å². The highest BCUT2D eigenvalue weighted by Crippen LogP contribution is 2.39. The minimum absolute atomic E-state index is 0.0901. The van der Waals surface area contributed by atoms with Crippen LogP contribution in [-0.4, -0.2) is 22.3 Å². The third-order valence-corrected chi connectivity index (χ3v) is 4.45. The Hall–Kier alpha value is -1.32. The van der Waals surface area contributed by atoms with Crippen molar-refractivity contribution in [1.82, 2.24) is 10.2 Å². The molecule has 2 saturated carbocycles. The van der Waals surface area contributed by atoms with E-state index in [0.717, 1.165) is 18.5 Å². The fourth-order valence-electron chi connectivity index (χ4n) is 3.04. The van der Waals surface area contributed by atoms with Gasteiger partial charge in [-0.1, -0.05) is 13.3 Å². The monoisotopic (exact) mass is 262 g/mol. The molecule has 0 bridgehead atoms. The van der Waals surface area contributed by atoms with Crippen LogP contribution >= 0.6 is 0 Å². The lowest BCUT2D eigenvalue weighted by atomic mass is 9.85. The molecule has 19 heavy (non-hydrogen) atoms. The lowest BCUT2D eigenvalue weighted by Crippen LogP contribution is -2.29. The molecule has 0 spiro atoms. The van der Waals surface area contributed by atoms with Gasteiger partial charge in [-0.15, -0.1) is 0 Å². The molecule has 2 atom stereocenters. The van der Waals surface area contributed by atoms with E-state index in [1.807, 2.05) is 6.07 Å². The van der Waals surface area contributed by atoms with Crippen LogP contribution in [0.4, 0.5) is 0 Å². The molecule has 104 valence electrons. The summed E-state index contributed by atoms with van der Waals surface area (Å²) in [6.07, 6.45) is 8.21. The van der Waals surface area contributed by atoms with Gasteiger partial charge < -0.3 is 4.74 Å². The number of carbonyl (C=O) groups is 1. The molecule has 0 radical (unpaired) electrons. The largest absolute Gasteiger partial charge is 0.457 e. The van der Waals surface area contributed by atoms with Gasteiger partial charge >= 0.3 is 5.97 Å². The number of H-pyrrole nitrogens is 1. The van der Waals surface area contributed by atoms with E-state index < -0.39 is 0 Å². The van der Waals surface area contributed by atoms with Gasteiger partial charge in [-0.05, 0) is 50.5 Å². The molecule has 2 unspecified atom stereocenters. The second kappa shape index (κ2) is 5.35. The maximum absolute atomic E-state index is 12.1. The molecular formula is C15H22N2O2. The predicted molar refractivity (Wildman–Crippen MR) is 72.0 cm³/mol. The van der Waals surface area contributed by atoms with Gasteiger partial charge in [-0.2, -0.15) is 5.10 Å². The fraction of sp³-hybridized carbons (Fsp3) is 0.733. The zero-order valence-corrected chi connectivity index (χ0v) is 11.5. The molecule has 2 fully saturated rings. The quantitative estimate of drug-likeness (QED) is 0.846. The number of hydrogen-bond acceptors (Lipinski definition) is 3. The summed E-state index contributed by atoms with van der Waals surface area (Å²) in [5, 5.41) is 7.05. The summed E-state index contributed by atoms with van der Waals surface area (Å²) < 4.78 is 5.67. The van der Waals surface area contributed by atoms with Crippen LogP contribution in [0.15, 0.2) is 6.07 Å². The molecule has 0 aliphatic heterocycles. The Balaban J connectivity index is 1.62. The maximum Gasteiger partial charge on any atom is 0.359 e. The second-order valence-electron chi connectivity index (χ2n) is 5.88. The summed E-state index contributed by atoms with van der Waals surface area (Å²) in [7, 11) is 0. The van der Waals surface area contributed by atoms with Crippen LogP contribution in [0.25, 0.3) is 0 Å². The standard InChI is InChI=1S/C15H22N2O2/c1-2-10-5-3-4-6-14(10)19-15(18)13-9-12(16-17-13)11-7-8-11/h9-11,14H,2-8H2,1H3,(H,16,17). The van der Waals surface area contributed by atoms with E-state index in [1.54, 1.807) is 0 Å². The van der Waals surface area contributed by atoms with Gasteiger partial charge in [0.2, 0.25) is 0 Å². The van der Waals surface area contributed by atoms with E-state index in [-0.39, 0.29) is 12.1 Å². The van der Waals surface area contributed by atoms with Gasteiger partial charge in [-0.3, -0.25) is 5.10 Å². The number of carbonyl (C=O) groups excluding carboxylic acids is 1. The van der Waals surface area contributed by atoms with Crippen molar-refractivity contribution in [2.45, 2.75) is 63.9 Å². The molecule has 0 aromatic carbocycles. The number of nitrogens with zero attached hydrogens (tertiary/aromatic N) is 1. The highest BCUT2D eigenvalue weighted by atomic mass is 16.5. The van der Waals surface area contributed by atoms with Crippen molar-refractivity contribution >= 4 is 5.97 Å². The van der Waals surface area contributed by atoms with E-state index in [0.29, 0.717) is 17.5 Å². The molecule has 4 nitrogen and oxygen atoms in total. The molecule has 1 aromatic heterocycles. The topological polar surface area (TPSA) is 55.0 Å². The molecule has 2 aliphatic carbocycles. The Morgan fingerprint density at radius 3 is 2.89 bits per heavy atom. The van der Waals surface area contributed by atoms with Crippen LogP contribution in [0.1, 0.15) is 74.0 Å². The van der Waals surface area contributed by atoms with Gasteiger partial charge in [0, 0.05) is 11.6 Å². The Morgan fingerprint density at radius 1 is 1.37 bits per heavy atom. The summed E-state index contributed by atoms with van der Waals surface area (Å²) in [6, 6.07) is 1.86. The molecular weight excluding hydrogens is 240 g/mol. The van der Waals surface area contributed by atoms with Crippen LogP contribution in [0.3, 0.4) is 0 Å². The first-order valence-corrected chi connectivity index (χ1v) is 7.54. The first-order chi connectivity index (χ1) is 9.28. The molecule has 1 aromatic rings. The van der Waals surface area contributed by atoms with E-state index in [2.05, 4.69) is 17.1 Å². The van der Waals surface area contributed by atoms with Gasteiger partial charge in [0.15, 0.2) is 5.69 Å². The number of aromatic nitrogens is 2. The van der Waals surface area contributed by atoms with Crippen molar-refractivity contribution in [1.29, 1.82) is 0 Å². The van der Waals surface area contributed by atoms with Gasteiger partial charge in [0.1, 0.15) is 6.10 Å². The lowest BCUT2D eigenvalue weighted by Gasteiger charge is -2.30. The van der Waals surface area contributed by atoms with Crippen molar-refractivity contribution in [2.75, 3.05) is 0 Å². The van der Waals surface area contributed by atoms with Gasteiger partial charge in [0.25, 0.3) is 0 Å². The van der Waals surface area contributed by atoms with Crippen LogP contribution in [0.2, 0.25) is 0 Å². The third-order valence-electron chi connectivity index (χ3n) is 4.45. The third kappa shape index (κ3) is 2.82. The average Bonchev–Trinajstić information content (AvgIpc) is 3.17. The zero-order chi connectivity index (χ0) is 13.2. The summed E-state index contributed by atoms with van der Waals surface area (Å²) in [5.74, 6) is 0.861. The number of esters is 1. The first-order valence-electron chi connectivity index (χ1n) is 7.54. The fourth-order valence-corrected chi connectivity index (χ4v) is 3.04. The highest BCUT2D eigenvalue weighted by Gasteiger charge is 2.30. The lowest BCUT2D eigenvalue weighted by molar-refractivity contribution is 0.000113. The summed E-state index contributed by atoms with van der Waals surface area (Å²) in [6.45, 7) is 2.18. The SMILES string of the molecule is CCC1CCCCC1OC(=O)c1cc(C2CC2)[nH]n1. The Morgan fingerprint density at radius 2 is 2.16 bits per heavy atom. The molecule has 4 heteroatoms. The Kier molecular flexibility index (Phi) is 3.58. The van der Waals surface area contributed by atoms with Crippen LogP contribution in [-0.2, 0) is 4.74 Å². The van der Waals surface area contributed by atoms with Crippen LogP contribution < -0.4 is 0 Å². The van der Waals surface area contributed by atoms with Crippen LogP contribution in [0, 0.1) is 5.92 Å². The minimum Gasteiger partial charge on any atom is -0.457 e. The summed E-state index contributed by atoms with van der Waals surface area (Å²) in [4.78, 5) is 12.1. The highest BCUT2D eigenvalue weighted by molar-refractivity contribution is 5.87. The first kappa shape index (κ1) is 12.7. The van der Waals surface area contributed by atoms with Crippen molar-refractivity contribution in [3.63, 3.8) is 0 Å². The zero-order valence-electron chi connectivity index (χ0n) is 11.5. The molecule has 0 saturated heterocycles. The Labute approximate surface area is 113 Å². The maximum atomic E-state index is 12.1. The van der Waals surface area contributed by atoms with Crippen molar-refractivity contribution < 1.29 is 9.53 Å². The Bertz CT molecular complexity index is 451. The molecule has 1 N–H and O–H groups in total. The van der Waals surface area contributed by atoms with E-state index in [1.165, 1.54) is 32.1 Å². The van der Waals surface area contributed by atoms with Crippen molar-refractivity contribution in [2.24, 2.45) is 5.92 Å². The molecule has 2 aliphatic rings. The van der Waals surface area contributed by atoms with E-state index in [9.17, 15) is 4.79 Å². The minimum atomic E-state index is -0.256. The van der Waals surface area contributed by atoms with Crippen LogP contribution in [0.5, 0.6) is 0 Å².